The van der Waals surface area contributed by atoms with E-state index in [4.69, 9.17) is 26.1 Å². The number of hydrazone groups is 1. The molecular weight excluding hydrogens is 480 g/mol. The van der Waals surface area contributed by atoms with Crippen molar-refractivity contribution in [2.75, 3.05) is 12.5 Å². The first-order valence-corrected chi connectivity index (χ1v) is 11.0. The Balaban J connectivity index is 1.75. The van der Waals surface area contributed by atoms with Crippen molar-refractivity contribution in [1.29, 1.82) is 0 Å². The molecule has 3 aliphatic rings. The van der Waals surface area contributed by atoms with Crippen LogP contribution in [0, 0.1) is 0 Å². The maximum atomic E-state index is 13.0. The molecule has 2 aromatic rings. The van der Waals surface area contributed by atoms with Crippen molar-refractivity contribution < 1.29 is 14.3 Å². The molecule has 0 unspecified atom stereocenters. The molecule has 10 heteroatoms. The molecule has 0 radical (unpaired) electrons. The highest BCUT2D eigenvalue weighted by atomic mass is 79.9. The molecule has 2 aromatic carbocycles. The second-order valence-corrected chi connectivity index (χ2v) is 8.95. The largest absolute Gasteiger partial charge is 0.454 e. The Morgan fingerprint density at radius 2 is 2.10 bits per heavy atom. The lowest BCUT2D eigenvalue weighted by Crippen LogP contribution is -2.50. The summed E-state index contributed by atoms with van der Waals surface area (Å²) in [6, 6.07) is 9.13. The van der Waals surface area contributed by atoms with Crippen LogP contribution in [0.15, 0.2) is 44.9 Å². The van der Waals surface area contributed by atoms with Crippen LogP contribution in [0.4, 0.5) is 0 Å². The quantitative estimate of drug-likeness (QED) is 0.696. The smallest absolute Gasteiger partial charge is 0.276 e. The molecule has 0 saturated heterocycles. The lowest BCUT2D eigenvalue weighted by molar-refractivity contribution is -0.116. The number of hydrogen-bond donors (Lipinski definition) is 1. The van der Waals surface area contributed by atoms with E-state index in [0.29, 0.717) is 43.5 Å². The number of carbonyl (C=O) groups is 1. The van der Waals surface area contributed by atoms with Gasteiger partial charge >= 0.3 is 0 Å². The lowest BCUT2D eigenvalue weighted by Gasteiger charge is -2.34. The molecule has 1 N–H and O–H groups in total. The molecule has 0 saturated carbocycles. The Kier molecular flexibility index (Phi) is 4.68. The number of amidine groups is 1. The van der Waals surface area contributed by atoms with E-state index in [1.807, 2.05) is 25.1 Å². The van der Waals surface area contributed by atoms with E-state index in [9.17, 15) is 4.79 Å². The zero-order valence-corrected chi connectivity index (χ0v) is 18.3. The number of benzene rings is 2. The number of halogens is 2. The van der Waals surface area contributed by atoms with E-state index in [1.54, 1.807) is 17.1 Å². The summed E-state index contributed by atoms with van der Waals surface area (Å²) in [6.45, 7) is 2.14. The van der Waals surface area contributed by atoms with Crippen molar-refractivity contribution in [2.45, 2.75) is 13.1 Å². The number of fused-ring (bicyclic) bond motifs is 3. The second-order valence-electron chi connectivity index (χ2n) is 6.38. The van der Waals surface area contributed by atoms with Gasteiger partial charge in [-0.1, -0.05) is 46.2 Å². The minimum Gasteiger partial charge on any atom is -0.454 e. The third kappa shape index (κ3) is 3.17. The number of rotatable bonds is 2. The zero-order valence-electron chi connectivity index (χ0n) is 15.1. The van der Waals surface area contributed by atoms with E-state index in [1.165, 1.54) is 11.8 Å². The summed E-state index contributed by atoms with van der Waals surface area (Å²) in [5.41, 5.74) is 1.11. The van der Waals surface area contributed by atoms with Crippen LogP contribution in [0.3, 0.4) is 0 Å². The van der Waals surface area contributed by atoms with E-state index in [2.05, 4.69) is 26.3 Å². The van der Waals surface area contributed by atoms with Gasteiger partial charge in [0.2, 0.25) is 6.79 Å². The van der Waals surface area contributed by atoms with Gasteiger partial charge in [-0.3, -0.25) is 15.1 Å². The summed E-state index contributed by atoms with van der Waals surface area (Å²) in [4.78, 5) is 17.9. The number of amides is 1. The molecule has 29 heavy (non-hydrogen) atoms. The number of carbonyl (C=O) groups excluding carboxylic acids is 1. The number of hydrogen-bond acceptors (Lipinski definition) is 7. The zero-order chi connectivity index (χ0) is 20.1. The predicted octanol–water partition coefficient (Wildman–Crippen LogP) is 2.73. The standard InChI is InChI=1S/C19H14BrClN4O3S/c1-2-29-19-23-18(26)16-11-5-9(20)3-4-13(11)22-17(25(16)24-19)10-6-14-15(7-12(10)21)28-8-27-14/h3-7,17H,2,8H2,1H3,(H,23,24,26)/t17-/m1/s1. The number of thioether (sulfide) groups is 1. The lowest BCUT2D eigenvalue weighted by atomic mass is 10.1. The topological polar surface area (TPSA) is 75.5 Å². The van der Waals surface area contributed by atoms with Gasteiger partial charge in [0.15, 0.2) is 22.8 Å². The van der Waals surface area contributed by atoms with Gasteiger partial charge in [-0.2, -0.15) is 0 Å². The highest BCUT2D eigenvalue weighted by Gasteiger charge is 2.36. The summed E-state index contributed by atoms with van der Waals surface area (Å²) in [6.07, 6.45) is -0.612. The summed E-state index contributed by atoms with van der Waals surface area (Å²) in [7, 11) is 0. The Bertz CT molecular complexity index is 1200. The molecule has 0 aliphatic carbocycles. The van der Waals surface area contributed by atoms with E-state index >= 15 is 0 Å². The van der Waals surface area contributed by atoms with Crippen LogP contribution in [0.1, 0.15) is 18.7 Å². The average Bonchev–Trinajstić information content (AvgIpc) is 3.14. The molecule has 1 atom stereocenters. The summed E-state index contributed by atoms with van der Waals surface area (Å²) in [5.74, 6) is 1.73. The van der Waals surface area contributed by atoms with Gasteiger partial charge in [-0.25, -0.2) is 5.01 Å². The second kappa shape index (κ2) is 7.23. The van der Waals surface area contributed by atoms with Gasteiger partial charge in [-0.15, -0.1) is 5.10 Å². The third-order valence-electron chi connectivity index (χ3n) is 4.62. The van der Waals surface area contributed by atoms with Gasteiger partial charge in [0.25, 0.3) is 5.91 Å². The van der Waals surface area contributed by atoms with E-state index in [0.717, 1.165) is 10.2 Å². The molecule has 0 bridgehead atoms. The maximum absolute atomic E-state index is 13.0. The van der Waals surface area contributed by atoms with Crippen molar-refractivity contribution in [3.63, 3.8) is 0 Å². The fraction of sp³-hybridized carbons (Fsp3) is 0.211. The first-order valence-electron chi connectivity index (χ1n) is 8.84. The van der Waals surface area contributed by atoms with Crippen molar-refractivity contribution >= 4 is 56.1 Å². The molecule has 5 rings (SSSR count). The summed E-state index contributed by atoms with van der Waals surface area (Å²) >= 11 is 11.5. The number of nitrogens with zero attached hydrogens (tertiary/aromatic N) is 3. The van der Waals surface area contributed by atoms with Crippen molar-refractivity contribution in [2.24, 2.45) is 10.1 Å². The molecule has 148 valence electrons. The molecule has 7 nitrogen and oxygen atoms in total. The number of ether oxygens (including phenoxy) is 2. The Morgan fingerprint density at radius 3 is 2.90 bits per heavy atom. The third-order valence-corrected chi connectivity index (χ3v) is 6.19. The minimum absolute atomic E-state index is 0.146. The first-order chi connectivity index (χ1) is 14.0. The fourth-order valence-electron chi connectivity index (χ4n) is 3.39. The van der Waals surface area contributed by atoms with Crippen molar-refractivity contribution in [3.05, 3.63) is 56.0 Å². The number of nitrogens with one attached hydrogen (secondary N) is 1. The fourth-order valence-corrected chi connectivity index (χ4v) is 4.58. The molecule has 3 heterocycles. The van der Waals surface area contributed by atoms with Gasteiger partial charge in [0.1, 0.15) is 5.70 Å². The Labute approximate surface area is 183 Å². The van der Waals surface area contributed by atoms with Crippen LogP contribution in [0.2, 0.25) is 5.02 Å². The molecule has 3 aliphatic heterocycles. The average molecular weight is 494 g/mol. The van der Waals surface area contributed by atoms with Crippen LogP contribution in [-0.2, 0) is 4.79 Å². The van der Waals surface area contributed by atoms with Gasteiger partial charge < -0.3 is 9.47 Å². The Morgan fingerprint density at radius 1 is 1.31 bits per heavy atom. The summed E-state index contributed by atoms with van der Waals surface area (Å²) < 4.78 is 11.8. The highest BCUT2D eigenvalue weighted by molar-refractivity contribution is 9.10. The van der Waals surface area contributed by atoms with Crippen LogP contribution in [0.5, 0.6) is 11.5 Å². The summed E-state index contributed by atoms with van der Waals surface area (Å²) in [5, 5.41) is 11.6. The predicted molar refractivity (Wildman–Crippen MR) is 114 cm³/mol. The maximum Gasteiger partial charge on any atom is 0.276 e. The monoisotopic (exact) mass is 492 g/mol. The molecule has 0 aromatic heterocycles. The molecular formula is C19H14BrClN4O3S. The van der Waals surface area contributed by atoms with Crippen LogP contribution in [-0.4, -0.2) is 28.6 Å². The van der Waals surface area contributed by atoms with Crippen LogP contribution >= 0.6 is 39.3 Å². The van der Waals surface area contributed by atoms with E-state index in [-0.39, 0.29) is 12.7 Å². The SMILES string of the molecule is CCSC1=NN2C(=c3cc(Br)ccc3=N[C@H]2c2cc3c(cc2Cl)OCO3)C(=O)N1. The highest BCUT2D eigenvalue weighted by Crippen LogP contribution is 2.42. The van der Waals surface area contributed by atoms with Crippen molar-refractivity contribution in [1.82, 2.24) is 10.3 Å². The molecule has 0 spiro atoms. The molecule has 1 amide bonds. The Hall–Kier alpha value is -2.23. The van der Waals surface area contributed by atoms with Gasteiger partial charge in [0.05, 0.1) is 10.4 Å². The van der Waals surface area contributed by atoms with Gasteiger partial charge in [0, 0.05) is 21.3 Å². The first kappa shape index (κ1) is 18.8. The van der Waals surface area contributed by atoms with Crippen LogP contribution in [0.25, 0.3) is 5.70 Å². The van der Waals surface area contributed by atoms with Crippen LogP contribution < -0.4 is 25.4 Å². The normalized spacial score (nSPS) is 19.2. The minimum atomic E-state index is -0.612. The molecule has 0 fully saturated rings. The van der Waals surface area contributed by atoms with Gasteiger partial charge in [-0.05, 0) is 30.0 Å². The van der Waals surface area contributed by atoms with E-state index < -0.39 is 6.17 Å². The van der Waals surface area contributed by atoms with Crippen molar-refractivity contribution in [3.8, 4) is 11.5 Å².